The molecule has 0 saturated carbocycles. The van der Waals surface area contributed by atoms with Crippen LogP contribution in [-0.4, -0.2) is 57.9 Å². The van der Waals surface area contributed by atoms with Gasteiger partial charge in [0.25, 0.3) is 0 Å². The minimum atomic E-state index is -3.76. The molecule has 0 aromatic heterocycles. The maximum Gasteiger partial charge on any atom is 0.238 e. The highest BCUT2D eigenvalue weighted by Gasteiger charge is 2.27. The lowest BCUT2D eigenvalue weighted by molar-refractivity contribution is -0.116. The fraction of sp³-hybridized carbons (Fsp3) is 0.391. The number of carbonyl (C=O) groups is 2. The first kappa shape index (κ1) is 23.2. The Bertz CT molecular complexity index is 1130. The highest BCUT2D eigenvalue weighted by atomic mass is 32.2. The van der Waals surface area contributed by atoms with E-state index in [9.17, 15) is 18.0 Å². The number of rotatable bonds is 7. The van der Waals surface area contributed by atoms with Gasteiger partial charge in [0.05, 0.1) is 4.90 Å². The van der Waals surface area contributed by atoms with Gasteiger partial charge in [-0.15, -0.1) is 0 Å². The summed E-state index contributed by atoms with van der Waals surface area (Å²) in [6.45, 7) is 3.08. The molecule has 2 aromatic rings. The van der Waals surface area contributed by atoms with Crippen molar-refractivity contribution in [3.63, 3.8) is 0 Å². The third-order valence-corrected chi connectivity index (χ3v) is 6.84. The summed E-state index contributed by atoms with van der Waals surface area (Å²) < 4.78 is 33.7. The van der Waals surface area contributed by atoms with Crippen LogP contribution < -0.4 is 19.9 Å². The number of nitrogens with one attached hydrogen (secondary N) is 1. The number of benzene rings is 2. The highest BCUT2D eigenvalue weighted by molar-refractivity contribution is 7.89. The molecule has 2 aliphatic heterocycles. The standard InChI is InChI=1S/C23H27N3O6S/c24-33(29,30)19-4-2-18(3-5-19)25-22(27)9-12-26-10-7-16(8-11-26)23(28)17-1-6-20-21(15-17)32-14-13-31-20/h1-6,15-16H,7-14H2,(H,25,27)(H2,24,29,30). The number of nitrogens with zero attached hydrogens (tertiary/aromatic N) is 1. The molecule has 2 aromatic carbocycles. The van der Waals surface area contributed by atoms with Crippen LogP contribution in [-0.2, 0) is 14.8 Å². The maximum atomic E-state index is 12.9. The lowest BCUT2D eigenvalue weighted by Crippen LogP contribution is -2.38. The molecule has 2 aliphatic rings. The van der Waals surface area contributed by atoms with Gasteiger partial charge < -0.3 is 19.7 Å². The molecule has 176 valence electrons. The molecule has 0 radical (unpaired) electrons. The van der Waals surface area contributed by atoms with Crippen molar-refractivity contribution >= 4 is 27.4 Å². The molecular weight excluding hydrogens is 446 g/mol. The lowest BCUT2D eigenvalue weighted by atomic mass is 9.88. The van der Waals surface area contributed by atoms with Crippen LogP contribution in [0.15, 0.2) is 47.4 Å². The third-order valence-electron chi connectivity index (χ3n) is 5.91. The van der Waals surface area contributed by atoms with Crippen LogP contribution in [0.3, 0.4) is 0 Å². The first-order chi connectivity index (χ1) is 15.8. The largest absolute Gasteiger partial charge is 0.486 e. The van der Waals surface area contributed by atoms with E-state index in [2.05, 4.69) is 10.2 Å². The van der Waals surface area contributed by atoms with E-state index in [4.69, 9.17) is 14.6 Å². The quantitative estimate of drug-likeness (QED) is 0.589. The number of piperidine rings is 1. The van der Waals surface area contributed by atoms with Crippen LogP contribution in [0.4, 0.5) is 5.69 Å². The monoisotopic (exact) mass is 473 g/mol. The van der Waals surface area contributed by atoms with Crippen molar-refractivity contribution in [1.29, 1.82) is 0 Å². The summed E-state index contributed by atoms with van der Waals surface area (Å²) in [5.41, 5.74) is 1.15. The van der Waals surface area contributed by atoms with Crippen LogP contribution in [0.5, 0.6) is 11.5 Å². The van der Waals surface area contributed by atoms with E-state index < -0.39 is 10.0 Å². The Labute approximate surface area is 192 Å². The van der Waals surface area contributed by atoms with Gasteiger partial charge in [-0.1, -0.05) is 0 Å². The van der Waals surface area contributed by atoms with Crippen LogP contribution in [0, 0.1) is 5.92 Å². The number of sulfonamides is 1. The number of likely N-dealkylation sites (tertiary alicyclic amines) is 1. The summed E-state index contributed by atoms with van der Waals surface area (Å²) >= 11 is 0. The normalized spacial score (nSPS) is 16.9. The Balaban J connectivity index is 1.22. The van der Waals surface area contributed by atoms with E-state index in [0.717, 1.165) is 25.9 Å². The number of hydrogen-bond acceptors (Lipinski definition) is 7. The Morgan fingerprint density at radius 2 is 1.67 bits per heavy atom. The summed E-state index contributed by atoms with van der Waals surface area (Å²) in [4.78, 5) is 27.4. The van der Waals surface area contributed by atoms with Gasteiger partial charge in [-0.2, -0.15) is 0 Å². The number of ketones is 1. The van der Waals surface area contributed by atoms with Crippen molar-refractivity contribution < 1.29 is 27.5 Å². The Kier molecular flexibility index (Phi) is 6.96. The second-order valence-electron chi connectivity index (χ2n) is 8.21. The van der Waals surface area contributed by atoms with Crippen molar-refractivity contribution in [1.82, 2.24) is 4.90 Å². The number of primary sulfonamides is 1. The van der Waals surface area contributed by atoms with E-state index >= 15 is 0 Å². The number of fused-ring (bicyclic) bond motifs is 1. The number of anilines is 1. The first-order valence-electron chi connectivity index (χ1n) is 10.9. The molecule has 1 amide bonds. The molecule has 0 atom stereocenters. The summed E-state index contributed by atoms with van der Waals surface area (Å²) in [5.74, 6) is 1.20. The predicted octanol–water partition coefficient (Wildman–Crippen LogP) is 2.03. The molecule has 10 heteroatoms. The predicted molar refractivity (Wildman–Crippen MR) is 122 cm³/mol. The Morgan fingerprint density at radius 3 is 2.33 bits per heavy atom. The van der Waals surface area contributed by atoms with Crippen molar-refractivity contribution in [2.24, 2.45) is 11.1 Å². The Morgan fingerprint density at radius 1 is 1.00 bits per heavy atom. The van der Waals surface area contributed by atoms with Crippen LogP contribution in [0.2, 0.25) is 0 Å². The molecule has 1 fully saturated rings. The van der Waals surface area contributed by atoms with Gasteiger partial charge in [0.1, 0.15) is 13.2 Å². The van der Waals surface area contributed by atoms with Gasteiger partial charge >= 0.3 is 0 Å². The molecule has 1 saturated heterocycles. The highest BCUT2D eigenvalue weighted by Crippen LogP contribution is 2.32. The number of amides is 1. The second-order valence-corrected chi connectivity index (χ2v) is 9.77. The lowest BCUT2D eigenvalue weighted by Gasteiger charge is -2.31. The molecule has 0 spiro atoms. The summed E-state index contributed by atoms with van der Waals surface area (Å²) in [6.07, 6.45) is 1.78. The van der Waals surface area contributed by atoms with E-state index in [0.29, 0.717) is 48.9 Å². The minimum absolute atomic E-state index is 0.00540. The molecule has 9 nitrogen and oxygen atoms in total. The zero-order valence-electron chi connectivity index (χ0n) is 18.2. The van der Waals surface area contributed by atoms with Crippen molar-refractivity contribution in [3.8, 4) is 11.5 Å². The summed E-state index contributed by atoms with van der Waals surface area (Å²) in [5, 5.41) is 7.83. The first-order valence-corrected chi connectivity index (χ1v) is 12.4. The zero-order chi connectivity index (χ0) is 23.4. The van der Waals surface area contributed by atoms with E-state index in [-0.39, 0.29) is 22.5 Å². The van der Waals surface area contributed by atoms with Crippen molar-refractivity contribution in [3.05, 3.63) is 48.0 Å². The zero-order valence-corrected chi connectivity index (χ0v) is 19.0. The topological polar surface area (TPSA) is 128 Å². The minimum Gasteiger partial charge on any atom is -0.486 e. The van der Waals surface area contributed by atoms with Crippen LogP contribution >= 0.6 is 0 Å². The fourth-order valence-electron chi connectivity index (χ4n) is 4.06. The molecule has 0 bridgehead atoms. The third kappa shape index (κ3) is 5.89. The van der Waals surface area contributed by atoms with Crippen LogP contribution in [0.25, 0.3) is 0 Å². The SMILES string of the molecule is NS(=O)(=O)c1ccc(NC(=O)CCN2CCC(C(=O)c3ccc4c(c3)OCCO4)CC2)cc1. The van der Waals surface area contributed by atoms with Gasteiger partial charge in [-0.05, 0) is 68.4 Å². The molecule has 2 heterocycles. The van der Waals surface area contributed by atoms with E-state index in [1.54, 1.807) is 18.2 Å². The number of Topliss-reactive ketones (excluding diaryl/α,β-unsaturated/α-hetero) is 1. The number of ether oxygens (including phenoxy) is 2. The van der Waals surface area contributed by atoms with Gasteiger partial charge in [-0.25, -0.2) is 13.6 Å². The van der Waals surface area contributed by atoms with Crippen molar-refractivity contribution in [2.75, 3.05) is 38.2 Å². The second kappa shape index (κ2) is 9.90. The molecule has 0 unspecified atom stereocenters. The molecule has 4 rings (SSSR count). The Hall–Kier alpha value is -2.95. The van der Waals surface area contributed by atoms with Gasteiger partial charge in [0.2, 0.25) is 15.9 Å². The average molecular weight is 474 g/mol. The van der Waals surface area contributed by atoms with E-state index in [1.165, 1.54) is 24.3 Å². The van der Waals surface area contributed by atoms with Crippen LogP contribution in [0.1, 0.15) is 29.6 Å². The molecule has 33 heavy (non-hydrogen) atoms. The maximum absolute atomic E-state index is 12.9. The molecule has 3 N–H and O–H groups in total. The van der Waals surface area contributed by atoms with E-state index in [1.807, 2.05) is 0 Å². The number of carbonyl (C=O) groups excluding carboxylic acids is 2. The van der Waals surface area contributed by atoms with Crippen molar-refractivity contribution in [2.45, 2.75) is 24.2 Å². The smallest absolute Gasteiger partial charge is 0.238 e. The number of hydrogen-bond donors (Lipinski definition) is 2. The summed E-state index contributed by atoms with van der Waals surface area (Å²) in [7, 11) is -3.76. The average Bonchev–Trinajstić information content (AvgIpc) is 2.82. The summed E-state index contributed by atoms with van der Waals surface area (Å²) in [6, 6.07) is 11.1. The van der Waals surface area contributed by atoms with Gasteiger partial charge in [-0.3, -0.25) is 9.59 Å². The molecule has 0 aliphatic carbocycles. The number of nitrogens with two attached hydrogens (primary N) is 1. The fourth-order valence-corrected chi connectivity index (χ4v) is 4.58. The van der Waals surface area contributed by atoms with Gasteiger partial charge in [0.15, 0.2) is 17.3 Å². The van der Waals surface area contributed by atoms with Gasteiger partial charge in [0, 0.05) is 30.1 Å². The molecular formula is C23H27N3O6S.